The standard InChI is InChI=1S/C9H21O3PS/c1-4-10-7-13(14,8-11-5-2)9-12-6-3/h4-9H2,1-3H3. The largest absolute Gasteiger partial charge is 0.376 e. The van der Waals surface area contributed by atoms with E-state index in [1.165, 1.54) is 0 Å². The molecule has 14 heavy (non-hydrogen) atoms. The van der Waals surface area contributed by atoms with E-state index in [2.05, 4.69) is 0 Å². The molecule has 5 heteroatoms. The molecule has 0 radical (unpaired) electrons. The summed E-state index contributed by atoms with van der Waals surface area (Å²) in [6.45, 7) is 8.03. The molecule has 0 N–H and O–H groups in total. The molecule has 0 spiro atoms. The Hall–Kier alpha value is 0.530. The highest BCUT2D eigenvalue weighted by Gasteiger charge is 2.17. The maximum Gasteiger partial charge on any atom is 0.0793 e. The molecule has 0 bridgehead atoms. The van der Waals surface area contributed by atoms with Crippen molar-refractivity contribution in [1.29, 1.82) is 0 Å². The first kappa shape index (κ1) is 14.5. The van der Waals surface area contributed by atoms with Gasteiger partial charge in [-0.3, -0.25) is 0 Å². The third-order valence-electron chi connectivity index (χ3n) is 1.59. The van der Waals surface area contributed by atoms with E-state index in [4.69, 9.17) is 26.0 Å². The second-order valence-electron chi connectivity index (χ2n) is 2.92. The van der Waals surface area contributed by atoms with E-state index in [1.54, 1.807) is 0 Å². The predicted octanol–water partition coefficient (Wildman–Crippen LogP) is 2.45. The Labute approximate surface area is 92.1 Å². The maximum absolute atomic E-state index is 5.53. The number of rotatable bonds is 9. The zero-order chi connectivity index (χ0) is 10.9. The minimum absolute atomic E-state index is 0.624. The van der Waals surface area contributed by atoms with E-state index in [0.29, 0.717) is 38.9 Å². The summed E-state index contributed by atoms with van der Waals surface area (Å²) in [4.78, 5) is 0. The Kier molecular flexibility index (Phi) is 9.14. The topological polar surface area (TPSA) is 27.7 Å². The van der Waals surface area contributed by atoms with E-state index < -0.39 is 6.04 Å². The summed E-state index contributed by atoms with van der Waals surface area (Å²) in [7, 11) is 0. The molecule has 0 amide bonds. The Morgan fingerprint density at radius 1 is 0.786 bits per heavy atom. The molecule has 0 fully saturated rings. The number of hydrogen-bond donors (Lipinski definition) is 0. The number of hydrogen-bond acceptors (Lipinski definition) is 4. The highest BCUT2D eigenvalue weighted by atomic mass is 32.4. The molecule has 0 aromatic rings. The second kappa shape index (κ2) is 8.81. The van der Waals surface area contributed by atoms with Crippen molar-refractivity contribution in [3.63, 3.8) is 0 Å². The third kappa shape index (κ3) is 6.91. The quantitative estimate of drug-likeness (QED) is 0.579. The highest BCUT2D eigenvalue weighted by molar-refractivity contribution is 8.14. The average molecular weight is 240 g/mol. The van der Waals surface area contributed by atoms with Gasteiger partial charge in [0.1, 0.15) is 0 Å². The summed E-state index contributed by atoms with van der Waals surface area (Å²) >= 11 is 5.53. The van der Waals surface area contributed by atoms with Crippen LogP contribution in [-0.2, 0) is 26.0 Å². The fourth-order valence-electron chi connectivity index (χ4n) is 0.885. The molecule has 0 aliphatic rings. The van der Waals surface area contributed by atoms with Crippen LogP contribution in [0.15, 0.2) is 0 Å². The molecule has 0 unspecified atom stereocenters. The molecule has 0 aliphatic carbocycles. The predicted molar refractivity (Wildman–Crippen MR) is 63.8 cm³/mol. The van der Waals surface area contributed by atoms with Crippen molar-refractivity contribution in [2.45, 2.75) is 20.8 Å². The second-order valence-corrected chi connectivity index (χ2v) is 8.14. The molecule has 0 saturated heterocycles. The minimum Gasteiger partial charge on any atom is -0.376 e. The Balaban J connectivity index is 3.97. The van der Waals surface area contributed by atoms with Gasteiger partial charge in [0.05, 0.1) is 19.0 Å². The van der Waals surface area contributed by atoms with Crippen molar-refractivity contribution in [3.05, 3.63) is 0 Å². The maximum atomic E-state index is 5.53. The van der Waals surface area contributed by atoms with Crippen molar-refractivity contribution in [2.75, 3.05) is 38.9 Å². The van der Waals surface area contributed by atoms with Gasteiger partial charge in [0.15, 0.2) is 0 Å². The molecule has 0 aromatic carbocycles. The van der Waals surface area contributed by atoms with Crippen molar-refractivity contribution in [2.24, 2.45) is 0 Å². The molecule has 0 heterocycles. The third-order valence-corrected chi connectivity index (χ3v) is 4.50. The van der Waals surface area contributed by atoms with Gasteiger partial charge in [-0.2, -0.15) is 0 Å². The first-order valence-corrected chi connectivity index (χ1v) is 8.34. The average Bonchev–Trinajstić information content (AvgIpc) is 2.21. The molecule has 3 nitrogen and oxygen atoms in total. The van der Waals surface area contributed by atoms with E-state index >= 15 is 0 Å². The molecule has 0 atom stereocenters. The smallest absolute Gasteiger partial charge is 0.0793 e. The Bertz CT molecular complexity index is 147. The van der Waals surface area contributed by atoms with Crippen LogP contribution in [0.1, 0.15) is 20.8 Å². The van der Waals surface area contributed by atoms with E-state index in [1.807, 2.05) is 20.8 Å². The van der Waals surface area contributed by atoms with Gasteiger partial charge in [-0.15, -0.1) is 0 Å². The van der Waals surface area contributed by atoms with Crippen LogP contribution >= 0.6 is 6.04 Å². The van der Waals surface area contributed by atoms with E-state index in [0.717, 1.165) is 0 Å². The molecule has 0 aliphatic heterocycles. The summed E-state index contributed by atoms with van der Waals surface area (Å²) in [6, 6.07) is -1.60. The SMILES string of the molecule is CCOCP(=S)(COCC)COCC. The summed E-state index contributed by atoms with van der Waals surface area (Å²) in [5.41, 5.74) is 0. The van der Waals surface area contributed by atoms with Gasteiger partial charge >= 0.3 is 0 Å². The van der Waals surface area contributed by atoms with Crippen molar-refractivity contribution in [3.8, 4) is 0 Å². The van der Waals surface area contributed by atoms with Crippen LogP contribution in [0.25, 0.3) is 0 Å². The highest BCUT2D eigenvalue weighted by Crippen LogP contribution is 2.45. The molecule has 0 saturated carbocycles. The molecular weight excluding hydrogens is 219 g/mol. The lowest BCUT2D eigenvalue weighted by Crippen LogP contribution is -2.08. The van der Waals surface area contributed by atoms with Gasteiger partial charge in [-0.1, -0.05) is 11.8 Å². The lowest BCUT2D eigenvalue weighted by Gasteiger charge is -2.21. The van der Waals surface area contributed by atoms with Crippen LogP contribution < -0.4 is 0 Å². The lowest BCUT2D eigenvalue weighted by atomic mass is 10.9. The van der Waals surface area contributed by atoms with Crippen LogP contribution in [0.3, 0.4) is 0 Å². The molecule has 0 rings (SSSR count). The van der Waals surface area contributed by atoms with Crippen LogP contribution in [0, 0.1) is 0 Å². The summed E-state index contributed by atoms with van der Waals surface area (Å²) in [6.07, 6.45) is 1.87. The summed E-state index contributed by atoms with van der Waals surface area (Å²) in [5.74, 6) is 0. The molecule has 0 aromatic heterocycles. The van der Waals surface area contributed by atoms with Gasteiger partial charge in [-0.05, 0) is 20.8 Å². The van der Waals surface area contributed by atoms with Crippen molar-refractivity contribution in [1.82, 2.24) is 0 Å². The van der Waals surface area contributed by atoms with E-state index in [9.17, 15) is 0 Å². The van der Waals surface area contributed by atoms with Gasteiger partial charge < -0.3 is 14.2 Å². The Morgan fingerprint density at radius 3 is 1.29 bits per heavy atom. The van der Waals surface area contributed by atoms with Crippen LogP contribution in [0.4, 0.5) is 0 Å². The zero-order valence-corrected chi connectivity index (χ0v) is 11.0. The van der Waals surface area contributed by atoms with E-state index in [-0.39, 0.29) is 0 Å². The minimum atomic E-state index is -1.60. The van der Waals surface area contributed by atoms with Gasteiger partial charge in [0.2, 0.25) is 0 Å². The van der Waals surface area contributed by atoms with Crippen LogP contribution in [0.2, 0.25) is 0 Å². The van der Waals surface area contributed by atoms with Gasteiger partial charge in [0.25, 0.3) is 0 Å². The van der Waals surface area contributed by atoms with Crippen LogP contribution in [0.5, 0.6) is 0 Å². The number of ether oxygens (including phenoxy) is 3. The fraction of sp³-hybridized carbons (Fsp3) is 1.00. The zero-order valence-electron chi connectivity index (χ0n) is 9.32. The first-order valence-electron chi connectivity index (χ1n) is 4.98. The lowest BCUT2D eigenvalue weighted by molar-refractivity contribution is 0.159. The summed E-state index contributed by atoms with van der Waals surface area (Å²) < 4.78 is 16.1. The summed E-state index contributed by atoms with van der Waals surface area (Å²) in [5, 5.41) is 0. The van der Waals surface area contributed by atoms with Crippen LogP contribution in [-0.4, -0.2) is 38.9 Å². The first-order chi connectivity index (χ1) is 6.68. The Morgan fingerprint density at radius 2 is 1.07 bits per heavy atom. The van der Waals surface area contributed by atoms with Gasteiger partial charge in [0, 0.05) is 25.9 Å². The van der Waals surface area contributed by atoms with Crippen molar-refractivity contribution < 1.29 is 14.2 Å². The normalized spacial score (nSPS) is 11.9. The van der Waals surface area contributed by atoms with Gasteiger partial charge in [-0.25, -0.2) is 0 Å². The molecule has 86 valence electrons. The van der Waals surface area contributed by atoms with Crippen molar-refractivity contribution >= 4 is 17.8 Å². The fourth-order valence-corrected chi connectivity index (χ4v) is 3.33. The molecular formula is C9H21O3PS. The monoisotopic (exact) mass is 240 g/mol.